The van der Waals surface area contributed by atoms with E-state index in [9.17, 15) is 18.0 Å². The number of hydrogen-bond donors (Lipinski definition) is 2. The summed E-state index contributed by atoms with van der Waals surface area (Å²) in [5, 5.41) is 4.58. The van der Waals surface area contributed by atoms with Gasteiger partial charge < -0.3 is 10.1 Å². The molecule has 0 saturated carbocycles. The minimum absolute atomic E-state index is 0.131. The highest BCUT2D eigenvalue weighted by Gasteiger charge is 2.13. The Kier molecular flexibility index (Phi) is 5.60. The molecule has 0 aromatic heterocycles. The molecule has 7 nitrogen and oxygen atoms in total. The predicted molar refractivity (Wildman–Crippen MR) is 108 cm³/mol. The maximum atomic E-state index is 12.2. The third-order valence-corrected chi connectivity index (χ3v) is 4.41. The highest BCUT2D eigenvalue weighted by Crippen LogP contribution is 2.22. The Hall–Kier alpha value is -3.39. The molecule has 28 heavy (non-hydrogen) atoms. The number of sulfonamides is 1. The molecule has 0 spiro atoms. The van der Waals surface area contributed by atoms with Gasteiger partial charge in [-0.2, -0.15) is 0 Å². The van der Waals surface area contributed by atoms with Gasteiger partial charge in [-0.25, -0.2) is 13.2 Å². The number of hydrogen-bond acceptors (Lipinski definition) is 5. The largest absolute Gasteiger partial charge is 0.452 e. The topological polar surface area (TPSA) is 102 Å². The van der Waals surface area contributed by atoms with E-state index in [1.165, 1.54) is 24.3 Å². The molecule has 8 heteroatoms. The minimum atomic E-state index is -3.46. The molecular formula is C20H18N2O5S. The Morgan fingerprint density at radius 3 is 2.46 bits per heavy atom. The zero-order chi connectivity index (χ0) is 20.1. The Morgan fingerprint density at radius 2 is 1.68 bits per heavy atom. The van der Waals surface area contributed by atoms with Crippen molar-refractivity contribution in [1.29, 1.82) is 0 Å². The van der Waals surface area contributed by atoms with Gasteiger partial charge in [0, 0.05) is 16.8 Å². The lowest BCUT2D eigenvalue weighted by molar-refractivity contribution is -0.119. The summed E-state index contributed by atoms with van der Waals surface area (Å²) in [6, 6.07) is 18.9. The lowest BCUT2D eigenvalue weighted by Crippen LogP contribution is -2.21. The summed E-state index contributed by atoms with van der Waals surface area (Å²) < 4.78 is 29.9. The van der Waals surface area contributed by atoms with Crippen molar-refractivity contribution in [3.05, 3.63) is 72.3 Å². The molecule has 3 aromatic carbocycles. The fourth-order valence-corrected chi connectivity index (χ4v) is 3.21. The van der Waals surface area contributed by atoms with Gasteiger partial charge >= 0.3 is 5.97 Å². The molecule has 0 heterocycles. The number of benzene rings is 3. The van der Waals surface area contributed by atoms with Gasteiger partial charge in [-0.1, -0.05) is 42.5 Å². The van der Waals surface area contributed by atoms with Gasteiger partial charge in [0.15, 0.2) is 6.61 Å². The van der Waals surface area contributed by atoms with E-state index in [4.69, 9.17) is 4.74 Å². The number of carbonyl (C=O) groups excluding carboxylic acids is 2. The van der Waals surface area contributed by atoms with Crippen LogP contribution in [-0.2, 0) is 19.6 Å². The predicted octanol–water partition coefficient (Wildman–Crippen LogP) is 3.01. The number of amides is 1. The van der Waals surface area contributed by atoms with E-state index in [1.54, 1.807) is 6.07 Å². The van der Waals surface area contributed by atoms with Crippen molar-refractivity contribution in [2.24, 2.45) is 0 Å². The second-order valence-electron chi connectivity index (χ2n) is 6.11. The van der Waals surface area contributed by atoms with Gasteiger partial charge in [0.05, 0.1) is 11.8 Å². The molecule has 0 fully saturated rings. The van der Waals surface area contributed by atoms with Gasteiger partial charge in [0.25, 0.3) is 5.91 Å². The summed E-state index contributed by atoms with van der Waals surface area (Å²) >= 11 is 0. The lowest BCUT2D eigenvalue weighted by Gasteiger charge is -2.10. The fourth-order valence-electron chi connectivity index (χ4n) is 2.66. The van der Waals surface area contributed by atoms with Crippen molar-refractivity contribution in [1.82, 2.24) is 0 Å². The molecule has 0 saturated heterocycles. The third kappa shape index (κ3) is 5.08. The quantitative estimate of drug-likeness (QED) is 0.622. The fraction of sp³-hybridized carbons (Fsp3) is 0.100. The summed E-state index contributed by atoms with van der Waals surface area (Å²) in [5.41, 5.74) is 0.988. The molecule has 1 amide bonds. The molecule has 3 rings (SSSR count). The number of carbonyl (C=O) groups is 2. The number of fused-ring (bicyclic) bond motifs is 1. The summed E-state index contributed by atoms with van der Waals surface area (Å²) in [7, 11) is -3.46. The highest BCUT2D eigenvalue weighted by molar-refractivity contribution is 7.92. The first-order chi connectivity index (χ1) is 13.3. The second-order valence-corrected chi connectivity index (χ2v) is 7.85. The van der Waals surface area contributed by atoms with Crippen LogP contribution in [0.25, 0.3) is 10.8 Å². The Morgan fingerprint density at radius 1 is 0.964 bits per heavy atom. The first-order valence-electron chi connectivity index (χ1n) is 8.34. The molecule has 2 N–H and O–H groups in total. The molecule has 0 radical (unpaired) electrons. The van der Waals surface area contributed by atoms with E-state index in [0.29, 0.717) is 5.69 Å². The van der Waals surface area contributed by atoms with E-state index < -0.39 is 28.5 Å². The number of anilines is 2. The van der Waals surface area contributed by atoms with Crippen molar-refractivity contribution < 1.29 is 22.7 Å². The molecule has 3 aromatic rings. The molecule has 0 aliphatic heterocycles. The summed E-state index contributed by atoms with van der Waals surface area (Å²) in [5.74, 6) is -1.21. The van der Waals surface area contributed by atoms with Crippen LogP contribution in [0.3, 0.4) is 0 Å². The van der Waals surface area contributed by atoms with Crippen LogP contribution in [0.2, 0.25) is 0 Å². The zero-order valence-corrected chi connectivity index (χ0v) is 15.8. The molecule has 0 aliphatic carbocycles. The first kappa shape index (κ1) is 19.4. The van der Waals surface area contributed by atoms with Crippen LogP contribution in [0.15, 0.2) is 66.7 Å². The first-order valence-corrected chi connectivity index (χ1v) is 10.2. The van der Waals surface area contributed by atoms with E-state index in [-0.39, 0.29) is 11.3 Å². The molecular weight excluding hydrogens is 380 g/mol. The van der Waals surface area contributed by atoms with Gasteiger partial charge in [-0.05, 0) is 29.7 Å². The Balaban J connectivity index is 1.63. The molecule has 0 bridgehead atoms. The van der Waals surface area contributed by atoms with E-state index in [0.717, 1.165) is 17.0 Å². The summed E-state index contributed by atoms with van der Waals surface area (Å²) in [6.07, 6.45) is 1.01. The van der Waals surface area contributed by atoms with E-state index >= 15 is 0 Å². The van der Waals surface area contributed by atoms with Crippen LogP contribution < -0.4 is 10.0 Å². The van der Waals surface area contributed by atoms with Crippen LogP contribution >= 0.6 is 0 Å². The Labute approximate surface area is 162 Å². The number of nitrogens with one attached hydrogen (secondary N) is 2. The molecule has 0 atom stereocenters. The maximum absolute atomic E-state index is 12.2. The van der Waals surface area contributed by atoms with Gasteiger partial charge in [0.1, 0.15) is 0 Å². The number of rotatable bonds is 6. The summed E-state index contributed by atoms with van der Waals surface area (Å²) in [6.45, 7) is -0.466. The molecule has 144 valence electrons. The van der Waals surface area contributed by atoms with Crippen LogP contribution in [0.1, 0.15) is 10.4 Å². The number of ether oxygens (including phenoxy) is 1. The monoisotopic (exact) mass is 398 g/mol. The van der Waals surface area contributed by atoms with Crippen LogP contribution in [0, 0.1) is 0 Å². The maximum Gasteiger partial charge on any atom is 0.338 e. The van der Waals surface area contributed by atoms with Gasteiger partial charge in [-0.15, -0.1) is 0 Å². The van der Waals surface area contributed by atoms with Gasteiger partial charge in [0.2, 0.25) is 10.0 Å². The molecule has 0 aliphatic rings. The van der Waals surface area contributed by atoms with E-state index in [2.05, 4.69) is 10.0 Å². The zero-order valence-electron chi connectivity index (χ0n) is 15.0. The smallest absolute Gasteiger partial charge is 0.338 e. The summed E-state index contributed by atoms with van der Waals surface area (Å²) in [4.78, 5) is 24.3. The van der Waals surface area contributed by atoms with Gasteiger partial charge in [-0.3, -0.25) is 9.52 Å². The van der Waals surface area contributed by atoms with Crippen molar-refractivity contribution in [2.75, 3.05) is 22.9 Å². The average Bonchev–Trinajstić information content (AvgIpc) is 2.65. The van der Waals surface area contributed by atoms with E-state index in [1.807, 2.05) is 36.4 Å². The Bertz CT molecular complexity index is 1140. The minimum Gasteiger partial charge on any atom is -0.452 e. The normalized spacial score (nSPS) is 11.0. The standard InChI is InChI=1S/C20H18N2O5S/c1-28(25,26)22-16-9-4-8-15(12-16)20(24)27-13-19(23)21-18-11-5-7-14-6-2-3-10-17(14)18/h2-12,22H,13H2,1H3,(H,21,23). The van der Waals surface area contributed by atoms with Crippen LogP contribution in [0.4, 0.5) is 11.4 Å². The average molecular weight is 398 g/mol. The lowest BCUT2D eigenvalue weighted by atomic mass is 10.1. The van der Waals surface area contributed by atoms with Crippen LogP contribution in [-0.4, -0.2) is 33.2 Å². The van der Waals surface area contributed by atoms with Crippen molar-refractivity contribution >= 4 is 44.0 Å². The van der Waals surface area contributed by atoms with Crippen LogP contribution in [0.5, 0.6) is 0 Å². The second kappa shape index (κ2) is 8.10. The SMILES string of the molecule is CS(=O)(=O)Nc1cccc(C(=O)OCC(=O)Nc2cccc3ccccc23)c1. The third-order valence-electron chi connectivity index (χ3n) is 3.80. The molecule has 0 unspecified atom stereocenters. The van der Waals surface area contributed by atoms with Crippen molar-refractivity contribution in [3.8, 4) is 0 Å². The van der Waals surface area contributed by atoms with Crippen molar-refractivity contribution in [3.63, 3.8) is 0 Å². The highest BCUT2D eigenvalue weighted by atomic mass is 32.2. The number of esters is 1. The van der Waals surface area contributed by atoms with Crippen molar-refractivity contribution in [2.45, 2.75) is 0 Å².